The van der Waals surface area contributed by atoms with Crippen LogP contribution in [0.4, 0.5) is 0 Å². The van der Waals surface area contributed by atoms with Gasteiger partial charge in [0, 0.05) is 5.56 Å². The Morgan fingerprint density at radius 1 is 1.31 bits per heavy atom. The Morgan fingerprint density at radius 3 is 2.23 bits per heavy atom. The summed E-state index contributed by atoms with van der Waals surface area (Å²) in [6.45, 7) is 1.27. The van der Waals surface area contributed by atoms with Gasteiger partial charge in [-0.15, -0.1) is 0 Å². The normalized spacial score (nSPS) is 11.2. The predicted molar refractivity (Wildman–Crippen MR) is 48.0 cm³/mol. The van der Waals surface area contributed by atoms with Crippen LogP contribution in [-0.4, -0.2) is 14.2 Å². The van der Waals surface area contributed by atoms with Crippen molar-refractivity contribution in [3.05, 3.63) is 35.0 Å². The van der Waals surface area contributed by atoms with E-state index in [9.17, 15) is 13.2 Å². The van der Waals surface area contributed by atoms with Gasteiger partial charge in [-0.3, -0.25) is 4.79 Å². The first-order valence-electron chi connectivity index (χ1n) is 3.52. The number of Topliss-reactive ketones (excluding diaryl/α,β-unsaturated/α-hetero) is 1. The van der Waals surface area contributed by atoms with Gasteiger partial charge in [0.05, 0.1) is 14.9 Å². The summed E-state index contributed by atoms with van der Waals surface area (Å²) < 4.78 is 21.7. The van der Waals surface area contributed by atoms with E-state index in [1.807, 2.05) is 0 Å². The average Bonchev–Trinajstić information content (AvgIpc) is 2.03. The lowest BCUT2D eigenvalue weighted by Gasteiger charge is -2.08. The molecule has 1 N–H and O–H groups in total. The molecule has 0 unspecified atom stereocenters. The zero-order valence-electron chi connectivity index (χ0n) is 6.94. The monoisotopic (exact) mass is 198 g/mol. The molecule has 13 heavy (non-hydrogen) atoms. The Hall–Kier alpha value is -1.20. The molecule has 0 saturated carbocycles. The van der Waals surface area contributed by atoms with Crippen LogP contribution in [-0.2, 0) is 10.0 Å². The van der Waals surface area contributed by atoms with Gasteiger partial charge in [0.15, 0.2) is 5.78 Å². The minimum Gasteiger partial charge on any atom is -0.560 e. The Labute approximate surface area is 76.4 Å². The van der Waals surface area contributed by atoms with Crippen LogP contribution in [0.1, 0.15) is 17.3 Å². The highest BCUT2D eigenvalue weighted by atomic mass is 32.2. The van der Waals surface area contributed by atoms with Crippen molar-refractivity contribution >= 4 is 15.8 Å². The smallest absolute Gasteiger partial charge is 0.161 e. The minimum absolute atomic E-state index is 0.0671. The molecule has 0 aromatic heterocycles. The first-order chi connectivity index (χ1) is 5.93. The van der Waals surface area contributed by atoms with Crippen molar-refractivity contribution in [2.75, 3.05) is 0 Å². The Balaban J connectivity index is 3.46. The first kappa shape index (κ1) is 9.88. The molecule has 0 saturated heterocycles. The predicted octanol–water partition coefficient (Wildman–Crippen LogP) is 1.63. The highest BCUT2D eigenvalue weighted by molar-refractivity contribution is 7.93. The van der Waals surface area contributed by atoms with Crippen LogP contribution in [0, 0.1) is 0 Å². The molecule has 0 aliphatic heterocycles. The summed E-state index contributed by atoms with van der Waals surface area (Å²) in [5.74, 6) is -0.355. The van der Waals surface area contributed by atoms with Crippen LogP contribution < -0.4 is 0 Å². The Bertz CT molecular complexity index is 436. The van der Waals surface area contributed by atoms with Crippen molar-refractivity contribution in [3.8, 4) is 0 Å². The van der Waals surface area contributed by atoms with Crippen LogP contribution in [0.3, 0.4) is 0 Å². The number of hydrogen-bond acceptors (Lipinski definition) is 3. The molecule has 0 atom stereocenters. The summed E-state index contributed by atoms with van der Waals surface area (Å²) in [6.07, 6.45) is 0. The molecule has 0 fully saturated rings. The highest BCUT2D eigenvalue weighted by Crippen LogP contribution is 2.16. The van der Waals surface area contributed by atoms with Crippen molar-refractivity contribution in [1.29, 1.82) is 0 Å². The van der Waals surface area contributed by atoms with Crippen LogP contribution in [0.2, 0.25) is 0 Å². The number of rotatable bonds is 2. The van der Waals surface area contributed by atoms with E-state index in [-0.39, 0.29) is 16.2 Å². The molecule has 0 radical (unpaired) electrons. The van der Waals surface area contributed by atoms with E-state index in [0.717, 1.165) is 0 Å². The lowest BCUT2D eigenvalue weighted by molar-refractivity contribution is 0.101. The zero-order chi connectivity index (χ0) is 10.1. The van der Waals surface area contributed by atoms with E-state index < -0.39 is 10.0 Å². The molecule has 70 valence electrons. The third-order valence-electron chi connectivity index (χ3n) is 1.56. The van der Waals surface area contributed by atoms with E-state index in [4.69, 9.17) is 5.14 Å². The van der Waals surface area contributed by atoms with E-state index in [2.05, 4.69) is 0 Å². The summed E-state index contributed by atoms with van der Waals surface area (Å²) in [7, 11) is -4.05. The number of carbonyl (C=O) groups excluding carboxylic acids is 1. The number of carbonyl (C=O) groups is 1. The summed E-state index contributed by atoms with van der Waals surface area (Å²) >= 11 is 0. The molecule has 1 aromatic carbocycles. The van der Waals surface area contributed by atoms with Gasteiger partial charge in [-0.25, -0.2) is 8.42 Å². The van der Waals surface area contributed by atoms with Gasteiger partial charge in [0.2, 0.25) is 0 Å². The van der Waals surface area contributed by atoms with E-state index >= 15 is 0 Å². The van der Waals surface area contributed by atoms with Gasteiger partial charge < -0.3 is 5.14 Å². The Kier molecular flexibility index (Phi) is 2.49. The van der Waals surface area contributed by atoms with Crippen LogP contribution in [0.5, 0.6) is 0 Å². The molecule has 5 heteroatoms. The second-order valence-corrected chi connectivity index (χ2v) is 4.00. The minimum atomic E-state index is -4.05. The van der Waals surface area contributed by atoms with Crippen LogP contribution in [0.25, 0.3) is 5.14 Å². The van der Waals surface area contributed by atoms with E-state index in [1.165, 1.54) is 25.1 Å². The molecular formula is C8H8NO3S-. The fourth-order valence-electron chi connectivity index (χ4n) is 0.992. The van der Waals surface area contributed by atoms with Gasteiger partial charge in [-0.2, -0.15) is 0 Å². The molecule has 1 aromatic rings. The highest BCUT2D eigenvalue weighted by Gasteiger charge is 2.10. The molecule has 0 aliphatic rings. The standard InChI is InChI=1S/C8H8NO3S/c1-6(10)7-4-2-3-5-8(7)13(9,11)12/h2-5H,1H3,(H-,9,11,12)/q-1. The van der Waals surface area contributed by atoms with Crippen molar-refractivity contribution < 1.29 is 13.2 Å². The number of sulfonamides is 1. The Morgan fingerprint density at radius 2 is 1.85 bits per heavy atom. The van der Waals surface area contributed by atoms with Gasteiger partial charge in [-0.05, 0) is 13.0 Å². The number of hydrogen-bond donors (Lipinski definition) is 0. The summed E-state index contributed by atoms with van der Waals surface area (Å²) in [6, 6.07) is 5.68. The SMILES string of the molecule is CC(=O)c1ccccc1S([NH-])(=O)=O. The lowest BCUT2D eigenvalue weighted by Crippen LogP contribution is -2.02. The zero-order valence-corrected chi connectivity index (χ0v) is 7.76. The molecule has 0 bridgehead atoms. The number of benzene rings is 1. The maximum atomic E-state index is 11.0. The maximum absolute atomic E-state index is 11.0. The van der Waals surface area contributed by atoms with Crippen molar-refractivity contribution in [1.82, 2.24) is 0 Å². The fraction of sp³-hybridized carbons (Fsp3) is 0.125. The molecule has 4 nitrogen and oxygen atoms in total. The van der Waals surface area contributed by atoms with E-state index in [0.29, 0.717) is 0 Å². The third kappa shape index (κ3) is 2.13. The molecule has 1 rings (SSSR count). The third-order valence-corrected chi connectivity index (χ3v) is 2.49. The van der Waals surface area contributed by atoms with Crippen LogP contribution in [0.15, 0.2) is 29.2 Å². The fourth-order valence-corrected chi connectivity index (χ4v) is 1.75. The molecule has 0 heterocycles. The molecule has 0 spiro atoms. The van der Waals surface area contributed by atoms with Gasteiger partial charge >= 0.3 is 0 Å². The van der Waals surface area contributed by atoms with Gasteiger partial charge in [0.25, 0.3) is 0 Å². The van der Waals surface area contributed by atoms with Crippen LogP contribution >= 0.6 is 0 Å². The molecule has 0 aliphatic carbocycles. The van der Waals surface area contributed by atoms with Gasteiger partial charge in [0.1, 0.15) is 0 Å². The maximum Gasteiger partial charge on any atom is 0.161 e. The van der Waals surface area contributed by atoms with Crippen molar-refractivity contribution in [2.24, 2.45) is 0 Å². The number of ketones is 1. The summed E-state index contributed by atoms with van der Waals surface area (Å²) in [5, 5.41) is 6.83. The van der Waals surface area contributed by atoms with Gasteiger partial charge in [-0.1, -0.05) is 18.2 Å². The average molecular weight is 198 g/mol. The van der Waals surface area contributed by atoms with E-state index in [1.54, 1.807) is 6.07 Å². The summed E-state index contributed by atoms with van der Waals surface area (Å²) in [5.41, 5.74) is 0.0671. The lowest BCUT2D eigenvalue weighted by atomic mass is 10.1. The molecule has 0 amide bonds. The largest absolute Gasteiger partial charge is 0.560 e. The van der Waals surface area contributed by atoms with Crippen molar-refractivity contribution in [2.45, 2.75) is 11.8 Å². The number of nitrogens with one attached hydrogen (secondary N) is 1. The second-order valence-electron chi connectivity index (χ2n) is 2.56. The van der Waals surface area contributed by atoms with Crippen molar-refractivity contribution in [3.63, 3.8) is 0 Å². The summed E-state index contributed by atoms with van der Waals surface area (Å²) in [4.78, 5) is 10.7. The topological polar surface area (TPSA) is 75.0 Å². The second kappa shape index (κ2) is 3.27. The first-order valence-corrected chi connectivity index (χ1v) is 5.01. The molecular weight excluding hydrogens is 190 g/mol. The quantitative estimate of drug-likeness (QED) is 0.678.